The second kappa shape index (κ2) is 12.4. The highest BCUT2D eigenvalue weighted by Crippen LogP contribution is 2.61. The molecule has 4 rings (SSSR count). The van der Waals surface area contributed by atoms with Crippen molar-refractivity contribution in [1.82, 2.24) is 0 Å². The molecule has 0 heterocycles. The van der Waals surface area contributed by atoms with E-state index in [1.165, 1.54) is 25.7 Å². The van der Waals surface area contributed by atoms with Crippen LogP contribution in [0.2, 0.25) is 0 Å². The Morgan fingerprint density at radius 3 is 2.25 bits per heavy atom. The highest BCUT2D eigenvalue weighted by Gasteiger charge is 2.52. The Balaban J connectivity index is 0.000000600. The van der Waals surface area contributed by atoms with E-state index < -0.39 is 0 Å². The van der Waals surface area contributed by atoms with E-state index in [1.54, 1.807) is 63.9 Å². The summed E-state index contributed by atoms with van der Waals surface area (Å²) in [5.41, 5.74) is 0.742. The highest BCUT2D eigenvalue weighted by atomic mass is 14.6. The molecule has 0 saturated heterocycles. The van der Waals surface area contributed by atoms with Gasteiger partial charge in [0, 0.05) is 0 Å². The van der Waals surface area contributed by atoms with Crippen LogP contribution in [0.3, 0.4) is 0 Å². The van der Waals surface area contributed by atoms with Gasteiger partial charge in [-0.2, -0.15) is 0 Å². The van der Waals surface area contributed by atoms with Gasteiger partial charge in [-0.25, -0.2) is 0 Å². The molecule has 166 valence electrons. The van der Waals surface area contributed by atoms with E-state index in [2.05, 4.69) is 20.4 Å². The normalized spacial score (nSPS) is 41.2. The molecule has 0 aliphatic heterocycles. The summed E-state index contributed by atoms with van der Waals surface area (Å²) in [5, 5.41) is 0. The summed E-state index contributed by atoms with van der Waals surface area (Å²) in [6.07, 6.45) is 22.0. The summed E-state index contributed by atoms with van der Waals surface area (Å²) < 4.78 is 0. The van der Waals surface area contributed by atoms with Gasteiger partial charge in [-0.3, -0.25) is 0 Å². The first-order chi connectivity index (χ1) is 13.1. The minimum absolute atomic E-state index is 0. The molecule has 0 radical (unpaired) electrons. The monoisotopic (exact) mass is 390 g/mol. The van der Waals surface area contributed by atoms with Crippen LogP contribution < -0.4 is 0 Å². The molecule has 0 spiro atoms. The van der Waals surface area contributed by atoms with E-state index in [9.17, 15) is 0 Å². The van der Waals surface area contributed by atoms with Crippen LogP contribution >= 0.6 is 0 Å². The molecule has 0 bridgehead atoms. The standard InChI is InChI=1S/C22H38.C3H6.C2H6.CH4/c1-3-6-16-8-10-18-17(15-16)9-11-20-19(18)12-14-22(2)13-5-4-7-21(20)22;1-3-2;1-2;/h16-21H,3-15H2,1-2H3;3H,1H2,2H3;1-2H3;1H4. The topological polar surface area (TPSA) is 0 Å². The summed E-state index contributed by atoms with van der Waals surface area (Å²) in [5.74, 6) is 6.72. The van der Waals surface area contributed by atoms with E-state index in [-0.39, 0.29) is 7.43 Å². The SMILES string of the molecule is C.C=CC.CC.CCCC1CCC2C(CCC3C2CCC2(C)CCCCC32)C1. The number of hydrogen-bond donors (Lipinski definition) is 0. The van der Waals surface area contributed by atoms with Gasteiger partial charge >= 0.3 is 0 Å². The minimum atomic E-state index is 0. The summed E-state index contributed by atoms with van der Waals surface area (Å²) in [6, 6.07) is 0. The molecule has 4 saturated carbocycles. The van der Waals surface area contributed by atoms with Crippen LogP contribution in [-0.2, 0) is 0 Å². The van der Waals surface area contributed by atoms with E-state index >= 15 is 0 Å². The molecule has 0 N–H and O–H groups in total. The lowest BCUT2D eigenvalue weighted by Crippen LogP contribution is -2.49. The smallest absolute Gasteiger partial charge is 0.0295 e. The fourth-order valence-electron chi connectivity index (χ4n) is 7.78. The zero-order chi connectivity index (χ0) is 19.9. The predicted octanol–water partition coefficient (Wildman–Crippen LogP) is 9.69. The maximum atomic E-state index is 3.36. The van der Waals surface area contributed by atoms with Crippen molar-refractivity contribution in [3.05, 3.63) is 12.7 Å². The average molecular weight is 391 g/mol. The largest absolute Gasteiger partial charge is 0.103 e. The van der Waals surface area contributed by atoms with Crippen LogP contribution in [0.5, 0.6) is 0 Å². The summed E-state index contributed by atoms with van der Waals surface area (Å²) in [7, 11) is 0. The lowest BCUT2D eigenvalue weighted by Gasteiger charge is -2.58. The molecule has 0 nitrogen and oxygen atoms in total. The van der Waals surface area contributed by atoms with Gasteiger partial charge in [0.15, 0.2) is 0 Å². The Hall–Kier alpha value is -0.260. The van der Waals surface area contributed by atoms with Crippen LogP contribution in [0.25, 0.3) is 0 Å². The number of rotatable bonds is 2. The summed E-state index contributed by atoms with van der Waals surface area (Å²) in [4.78, 5) is 0. The van der Waals surface area contributed by atoms with Gasteiger partial charge in [-0.1, -0.05) is 73.3 Å². The van der Waals surface area contributed by atoms with Gasteiger partial charge in [0.25, 0.3) is 0 Å². The van der Waals surface area contributed by atoms with Crippen molar-refractivity contribution < 1.29 is 0 Å². The third-order valence-corrected chi connectivity index (χ3v) is 8.79. The molecule has 4 fully saturated rings. The Morgan fingerprint density at radius 2 is 1.57 bits per heavy atom. The van der Waals surface area contributed by atoms with Crippen molar-refractivity contribution in [3.63, 3.8) is 0 Å². The molecule has 0 aromatic carbocycles. The van der Waals surface area contributed by atoms with Crippen molar-refractivity contribution in [2.24, 2.45) is 40.9 Å². The molecule has 0 aromatic heterocycles. The number of fused-ring (bicyclic) bond motifs is 5. The van der Waals surface area contributed by atoms with Gasteiger partial charge in [-0.15, -0.1) is 6.58 Å². The van der Waals surface area contributed by atoms with Gasteiger partial charge < -0.3 is 0 Å². The van der Waals surface area contributed by atoms with Crippen LogP contribution in [0.4, 0.5) is 0 Å². The molecule has 0 aromatic rings. The Morgan fingerprint density at radius 1 is 0.893 bits per heavy atom. The maximum Gasteiger partial charge on any atom is -0.0295 e. The van der Waals surface area contributed by atoms with Crippen molar-refractivity contribution >= 4 is 0 Å². The lowest BCUT2D eigenvalue weighted by molar-refractivity contribution is -0.0859. The van der Waals surface area contributed by atoms with Crippen LogP contribution in [0.1, 0.15) is 126 Å². The first-order valence-electron chi connectivity index (χ1n) is 12.7. The molecule has 4 aliphatic rings. The zero-order valence-electron chi connectivity index (χ0n) is 19.4. The molecular formula is C28H54. The summed E-state index contributed by atoms with van der Waals surface area (Å²) >= 11 is 0. The van der Waals surface area contributed by atoms with Crippen LogP contribution in [-0.4, -0.2) is 0 Å². The second-order valence-corrected chi connectivity index (χ2v) is 10.2. The predicted molar refractivity (Wildman–Crippen MR) is 129 cm³/mol. The number of hydrogen-bond acceptors (Lipinski definition) is 0. The Labute approximate surface area is 179 Å². The fraction of sp³-hybridized carbons (Fsp3) is 0.929. The van der Waals surface area contributed by atoms with E-state index in [1.807, 2.05) is 20.8 Å². The van der Waals surface area contributed by atoms with Gasteiger partial charge in [-0.05, 0) is 99.2 Å². The highest BCUT2D eigenvalue weighted by molar-refractivity contribution is 5.02. The molecule has 7 atom stereocenters. The molecule has 4 aliphatic carbocycles. The molecule has 0 heteroatoms. The van der Waals surface area contributed by atoms with E-state index in [0.29, 0.717) is 0 Å². The van der Waals surface area contributed by atoms with Gasteiger partial charge in [0.05, 0.1) is 0 Å². The van der Waals surface area contributed by atoms with Crippen LogP contribution in [0.15, 0.2) is 12.7 Å². The third kappa shape index (κ3) is 5.66. The molecule has 7 unspecified atom stereocenters. The van der Waals surface area contributed by atoms with Crippen molar-refractivity contribution in [1.29, 1.82) is 0 Å². The quantitative estimate of drug-likeness (QED) is 0.411. The average Bonchev–Trinajstić information content (AvgIpc) is 2.69. The minimum Gasteiger partial charge on any atom is -0.103 e. The van der Waals surface area contributed by atoms with E-state index in [4.69, 9.17) is 0 Å². The maximum absolute atomic E-state index is 3.36. The first-order valence-corrected chi connectivity index (χ1v) is 12.7. The Kier molecular flexibility index (Phi) is 11.5. The van der Waals surface area contributed by atoms with Crippen molar-refractivity contribution in [2.75, 3.05) is 0 Å². The third-order valence-electron chi connectivity index (χ3n) is 8.79. The molecule has 0 amide bonds. The summed E-state index contributed by atoms with van der Waals surface area (Å²) in [6.45, 7) is 14.3. The van der Waals surface area contributed by atoms with Crippen molar-refractivity contribution in [2.45, 2.75) is 126 Å². The van der Waals surface area contributed by atoms with E-state index in [0.717, 1.165) is 40.9 Å². The van der Waals surface area contributed by atoms with Crippen molar-refractivity contribution in [3.8, 4) is 0 Å². The first kappa shape index (κ1) is 25.8. The van der Waals surface area contributed by atoms with Gasteiger partial charge in [0.1, 0.15) is 0 Å². The molecule has 28 heavy (non-hydrogen) atoms. The lowest BCUT2D eigenvalue weighted by atomic mass is 9.47. The zero-order valence-corrected chi connectivity index (χ0v) is 19.4. The van der Waals surface area contributed by atoms with Gasteiger partial charge in [0.2, 0.25) is 0 Å². The second-order valence-electron chi connectivity index (χ2n) is 10.2. The number of allylic oxidation sites excluding steroid dienone is 1. The fourth-order valence-corrected chi connectivity index (χ4v) is 7.78. The van der Waals surface area contributed by atoms with Crippen LogP contribution in [0, 0.1) is 40.9 Å². The molecular weight excluding hydrogens is 336 g/mol. The Bertz CT molecular complexity index is 424.